The molecule has 3 radical (unpaired) electrons. The molecular weight excluding hydrogens is 299 g/mol. The van der Waals surface area contributed by atoms with Crippen molar-refractivity contribution in [1.29, 1.82) is 0 Å². The number of rotatable bonds is 0. The molecule has 0 aromatic heterocycles. The molecule has 0 aliphatic rings. The second kappa shape index (κ2) is 8.78. The van der Waals surface area contributed by atoms with Crippen molar-refractivity contribution in [2.24, 2.45) is 0 Å². The highest BCUT2D eigenvalue weighted by atomic mass is 32.3. The Morgan fingerprint density at radius 3 is 0.438 bits per heavy atom. The third kappa shape index (κ3) is 20800. The van der Waals surface area contributed by atoms with Gasteiger partial charge in [-0.05, 0) is 0 Å². The van der Waals surface area contributed by atoms with Crippen LogP contribution in [0.5, 0.6) is 0 Å². The highest BCUT2D eigenvalue weighted by Gasteiger charge is 1.85. The zero-order valence-corrected chi connectivity index (χ0v) is 9.38. The van der Waals surface area contributed by atoms with Crippen molar-refractivity contribution >= 4 is 39.6 Å². The smallest absolute Gasteiger partial charge is 0.264 e. The first-order valence-corrected chi connectivity index (χ1v) is 6.29. The van der Waals surface area contributed by atoms with Crippen LogP contribution in [0.3, 0.4) is 0 Å². The van der Waals surface area contributed by atoms with Crippen LogP contribution in [0.4, 0.5) is 0 Å². The molecule has 16 heavy (non-hydrogen) atoms. The third-order valence-electron chi connectivity index (χ3n) is 0. The molecule has 0 aliphatic carbocycles. The average Bonchev–Trinajstić information content (AvgIpc) is 1.41. The Morgan fingerprint density at radius 2 is 0.438 bits per heavy atom. The van der Waals surface area contributed by atoms with Gasteiger partial charge < -0.3 is 0 Å². The van der Waals surface area contributed by atoms with Crippen molar-refractivity contribution in [3.8, 4) is 0 Å². The van der Waals surface area contributed by atoms with E-state index in [4.69, 9.17) is 52.6 Å². The van der Waals surface area contributed by atoms with E-state index in [0.717, 1.165) is 0 Å². The second-order valence-electron chi connectivity index (χ2n) is 1.34. The minimum Gasteiger partial charge on any atom is -0.264 e. The highest BCUT2D eigenvalue weighted by molar-refractivity contribution is 7.80. The van der Waals surface area contributed by atoms with Crippen LogP contribution >= 0.6 is 0 Å². The van der Waals surface area contributed by atoms with Gasteiger partial charge in [0.15, 0.2) is 0 Å². The summed E-state index contributed by atoms with van der Waals surface area (Å²) in [7, 11) is -14.0. The van der Waals surface area contributed by atoms with Crippen molar-refractivity contribution in [2.45, 2.75) is 0 Å². The standard InChI is InChI=1S/B.3H2O4S/c;3*1-5(2,3)4/h;3*(H2,1,2,3,4). The lowest BCUT2D eigenvalue weighted by molar-refractivity contribution is 0.378. The maximum Gasteiger partial charge on any atom is 0.394 e. The van der Waals surface area contributed by atoms with Crippen molar-refractivity contribution in [1.82, 2.24) is 0 Å². The first-order valence-electron chi connectivity index (χ1n) is 2.10. The Balaban J connectivity index is -0.0000000655. The minimum absolute atomic E-state index is 0. The molecular formula is H6BO12S3. The Bertz CT molecular complexity index is 337. The Hall–Kier alpha value is -0.325. The summed E-state index contributed by atoms with van der Waals surface area (Å²) in [6.07, 6.45) is 0. The zero-order chi connectivity index (χ0) is 13.5. The molecule has 16 heteroatoms. The first-order chi connectivity index (χ1) is 6.00. The maximum atomic E-state index is 8.74. The molecule has 0 amide bonds. The van der Waals surface area contributed by atoms with Crippen molar-refractivity contribution in [2.75, 3.05) is 0 Å². The summed E-state index contributed by atoms with van der Waals surface area (Å²) in [5, 5.41) is 0. The van der Waals surface area contributed by atoms with Gasteiger partial charge in [-0.2, -0.15) is 25.3 Å². The Kier molecular flexibility index (Phi) is 13.6. The summed E-state index contributed by atoms with van der Waals surface area (Å²) in [6, 6.07) is 0. The molecule has 0 unspecified atom stereocenters. The second-order valence-corrected chi connectivity index (χ2v) is 4.03. The van der Waals surface area contributed by atoms with Crippen LogP contribution in [0.1, 0.15) is 0 Å². The van der Waals surface area contributed by atoms with E-state index in [2.05, 4.69) is 0 Å². The molecule has 0 spiro atoms. The van der Waals surface area contributed by atoms with Crippen LogP contribution in [0.15, 0.2) is 0 Å². The fourth-order valence-electron chi connectivity index (χ4n) is 0. The summed E-state index contributed by atoms with van der Waals surface area (Å²) in [5.41, 5.74) is 0. The fourth-order valence-corrected chi connectivity index (χ4v) is 0. The van der Waals surface area contributed by atoms with Gasteiger partial charge in [-0.3, -0.25) is 27.3 Å². The average molecular weight is 305 g/mol. The lowest BCUT2D eigenvalue weighted by Crippen LogP contribution is -1.89. The van der Waals surface area contributed by atoms with E-state index in [1.54, 1.807) is 0 Å². The maximum absolute atomic E-state index is 8.74. The zero-order valence-electron chi connectivity index (χ0n) is 6.93. The van der Waals surface area contributed by atoms with Crippen molar-refractivity contribution in [3.63, 3.8) is 0 Å². The van der Waals surface area contributed by atoms with E-state index in [-0.39, 0.29) is 8.41 Å². The van der Waals surface area contributed by atoms with Crippen molar-refractivity contribution < 1.29 is 52.6 Å². The predicted molar refractivity (Wildman–Crippen MR) is 48.3 cm³/mol. The molecule has 0 saturated heterocycles. The summed E-state index contributed by atoms with van der Waals surface area (Å²) >= 11 is 0. The van der Waals surface area contributed by atoms with Gasteiger partial charge in [0.1, 0.15) is 0 Å². The van der Waals surface area contributed by atoms with E-state index in [1.807, 2.05) is 0 Å². The molecule has 0 fully saturated rings. The van der Waals surface area contributed by atoms with Gasteiger partial charge in [0.25, 0.3) is 0 Å². The van der Waals surface area contributed by atoms with Gasteiger partial charge in [0.05, 0.1) is 0 Å². The van der Waals surface area contributed by atoms with Crippen LogP contribution < -0.4 is 0 Å². The monoisotopic (exact) mass is 305 g/mol. The van der Waals surface area contributed by atoms with Gasteiger partial charge in [0.2, 0.25) is 0 Å². The summed E-state index contributed by atoms with van der Waals surface area (Å²) in [4.78, 5) is 0. The van der Waals surface area contributed by atoms with Crippen LogP contribution in [-0.2, 0) is 31.2 Å². The van der Waals surface area contributed by atoms with Gasteiger partial charge in [-0.25, -0.2) is 0 Å². The van der Waals surface area contributed by atoms with Crippen LogP contribution in [-0.4, -0.2) is 61.0 Å². The molecule has 6 N–H and O–H groups in total. The molecule has 12 nitrogen and oxygen atoms in total. The molecule has 0 aliphatic heterocycles. The summed E-state index contributed by atoms with van der Waals surface area (Å²) < 4.78 is 94.8. The third-order valence-corrected chi connectivity index (χ3v) is 0. The summed E-state index contributed by atoms with van der Waals surface area (Å²) in [5.74, 6) is 0. The SMILES string of the molecule is O=S(=O)(O)O.O=S(=O)(O)O.O=S(=O)(O)O.[B]. The topological polar surface area (TPSA) is 224 Å². The lowest BCUT2D eigenvalue weighted by Gasteiger charge is -1.68. The Morgan fingerprint density at radius 1 is 0.438 bits per heavy atom. The van der Waals surface area contributed by atoms with E-state index in [0.29, 0.717) is 0 Å². The van der Waals surface area contributed by atoms with Gasteiger partial charge >= 0.3 is 31.2 Å². The van der Waals surface area contributed by atoms with Crippen molar-refractivity contribution in [3.05, 3.63) is 0 Å². The molecule has 0 bridgehead atoms. The molecule has 0 heterocycles. The van der Waals surface area contributed by atoms with Crippen LogP contribution in [0, 0.1) is 0 Å². The van der Waals surface area contributed by atoms with E-state index in [1.165, 1.54) is 0 Å². The summed E-state index contributed by atoms with van der Waals surface area (Å²) in [6.45, 7) is 0. The predicted octanol–water partition coefficient (Wildman–Crippen LogP) is -2.34. The number of hydrogen-bond acceptors (Lipinski definition) is 6. The highest BCUT2D eigenvalue weighted by Crippen LogP contribution is 1.60. The van der Waals surface area contributed by atoms with E-state index < -0.39 is 31.2 Å². The van der Waals surface area contributed by atoms with Crippen LogP contribution in [0.25, 0.3) is 0 Å². The number of hydrogen-bond donors (Lipinski definition) is 6. The van der Waals surface area contributed by atoms with E-state index >= 15 is 0 Å². The lowest BCUT2D eigenvalue weighted by atomic mass is 10.8. The molecule has 99 valence electrons. The largest absolute Gasteiger partial charge is 0.394 e. The minimum atomic E-state index is -4.67. The first kappa shape index (κ1) is 24.8. The molecule has 0 aromatic carbocycles. The molecule has 0 atom stereocenters. The van der Waals surface area contributed by atoms with Gasteiger partial charge in [0, 0.05) is 8.41 Å². The van der Waals surface area contributed by atoms with Gasteiger partial charge in [-0.1, -0.05) is 0 Å². The van der Waals surface area contributed by atoms with E-state index in [9.17, 15) is 0 Å². The molecule has 0 aromatic rings. The Labute approximate surface area is 92.6 Å². The molecule has 0 rings (SSSR count). The quantitative estimate of drug-likeness (QED) is 0.204. The normalized spacial score (nSPS) is 10.9. The van der Waals surface area contributed by atoms with Crippen LogP contribution in [0.2, 0.25) is 0 Å². The fraction of sp³-hybridized carbons (Fsp3) is 0. The molecule has 0 saturated carbocycles. The van der Waals surface area contributed by atoms with Gasteiger partial charge in [-0.15, -0.1) is 0 Å².